The van der Waals surface area contributed by atoms with Crippen LogP contribution in [0.2, 0.25) is 0 Å². The van der Waals surface area contributed by atoms with Crippen LogP contribution in [0.1, 0.15) is 23.6 Å². The molecular weight excluding hydrogens is 414 g/mol. The van der Waals surface area contributed by atoms with E-state index in [-0.39, 0.29) is 17.3 Å². The second-order valence-corrected chi connectivity index (χ2v) is 7.65. The van der Waals surface area contributed by atoms with Crippen LogP contribution in [-0.4, -0.2) is 14.9 Å². The third-order valence-corrected chi connectivity index (χ3v) is 5.34. The Morgan fingerprint density at radius 3 is 1.91 bits per heavy atom. The number of nitrogens with one attached hydrogen (secondary N) is 1. The first-order valence-electron chi connectivity index (χ1n) is 10.8. The van der Waals surface area contributed by atoms with Crippen LogP contribution in [0.25, 0.3) is 0 Å². The topological polar surface area (TPSA) is 84.2 Å². The zero-order valence-corrected chi connectivity index (χ0v) is 18.4. The third kappa shape index (κ3) is 5.51. The average Bonchev–Trinajstić information content (AvgIpc) is 2.85. The van der Waals surface area contributed by atoms with Crippen molar-refractivity contribution in [3.05, 3.63) is 118 Å². The zero-order chi connectivity index (χ0) is 23.0. The van der Waals surface area contributed by atoms with Gasteiger partial charge in [0, 0.05) is 18.8 Å². The molecule has 166 valence electrons. The van der Waals surface area contributed by atoms with Gasteiger partial charge in [0.05, 0.1) is 4.92 Å². The number of benzene rings is 3. The normalized spacial score (nSPS) is 10.6. The fourth-order valence-corrected chi connectivity index (χ4v) is 3.63. The molecule has 33 heavy (non-hydrogen) atoms. The zero-order valence-electron chi connectivity index (χ0n) is 18.4. The van der Waals surface area contributed by atoms with E-state index >= 15 is 0 Å². The Morgan fingerprint density at radius 2 is 1.39 bits per heavy atom. The maximum Gasteiger partial charge on any atom is 0.353 e. The van der Waals surface area contributed by atoms with Crippen molar-refractivity contribution in [2.45, 2.75) is 26.4 Å². The number of rotatable bonds is 9. The maximum atomic E-state index is 12.2. The van der Waals surface area contributed by atoms with Gasteiger partial charge in [0.1, 0.15) is 6.33 Å². The van der Waals surface area contributed by atoms with Gasteiger partial charge in [0.25, 0.3) is 0 Å². The number of hydrogen-bond acceptors (Lipinski definition) is 6. The molecule has 0 unspecified atom stereocenters. The summed E-state index contributed by atoms with van der Waals surface area (Å²) < 4.78 is 0. The van der Waals surface area contributed by atoms with E-state index in [9.17, 15) is 10.1 Å². The minimum absolute atomic E-state index is 0.149. The fraction of sp³-hybridized carbons (Fsp3) is 0.154. The lowest BCUT2D eigenvalue weighted by molar-refractivity contribution is -0.383. The largest absolute Gasteiger partial charge is 0.353 e. The molecule has 0 saturated heterocycles. The molecule has 7 nitrogen and oxygen atoms in total. The van der Waals surface area contributed by atoms with Crippen LogP contribution < -0.4 is 10.2 Å². The summed E-state index contributed by atoms with van der Waals surface area (Å²) >= 11 is 0. The quantitative estimate of drug-likeness (QED) is 0.258. The van der Waals surface area contributed by atoms with Crippen LogP contribution in [0.5, 0.6) is 0 Å². The molecular formula is C26H25N5O2. The Hall–Kier alpha value is -4.26. The van der Waals surface area contributed by atoms with Gasteiger partial charge in [-0.25, -0.2) is 9.97 Å². The van der Waals surface area contributed by atoms with Crippen LogP contribution in [0.15, 0.2) is 91.3 Å². The monoisotopic (exact) mass is 439 g/mol. The molecule has 0 saturated carbocycles. The van der Waals surface area contributed by atoms with E-state index in [2.05, 4.69) is 22.2 Å². The number of nitro groups is 1. The Balaban J connectivity index is 1.73. The van der Waals surface area contributed by atoms with Gasteiger partial charge in [-0.05, 0) is 35.2 Å². The molecule has 3 aromatic carbocycles. The summed E-state index contributed by atoms with van der Waals surface area (Å²) in [6.07, 6.45) is 2.29. The summed E-state index contributed by atoms with van der Waals surface area (Å²) in [7, 11) is 0. The van der Waals surface area contributed by atoms with Crippen molar-refractivity contribution in [2.24, 2.45) is 0 Å². The van der Waals surface area contributed by atoms with Gasteiger partial charge in [-0.15, -0.1) is 0 Å². The highest BCUT2D eigenvalue weighted by molar-refractivity contribution is 5.74. The van der Waals surface area contributed by atoms with E-state index < -0.39 is 4.92 Å². The molecule has 0 amide bonds. The molecule has 1 aromatic heterocycles. The van der Waals surface area contributed by atoms with Crippen LogP contribution >= 0.6 is 0 Å². The molecule has 7 heteroatoms. The van der Waals surface area contributed by atoms with Crippen molar-refractivity contribution in [2.75, 3.05) is 10.2 Å². The molecule has 4 aromatic rings. The molecule has 0 radical (unpaired) electrons. The third-order valence-electron chi connectivity index (χ3n) is 5.34. The van der Waals surface area contributed by atoms with E-state index in [1.807, 2.05) is 89.8 Å². The summed E-state index contributed by atoms with van der Waals surface area (Å²) in [6.45, 7) is 3.02. The second-order valence-electron chi connectivity index (χ2n) is 7.65. The van der Waals surface area contributed by atoms with Gasteiger partial charge in [0.15, 0.2) is 0 Å². The SMILES string of the molecule is CCc1ccc(Nc2ncnc(N(Cc3ccccc3)Cc3ccccc3)c2[N+](=O)[O-])cc1. The first kappa shape index (κ1) is 22.0. The smallest absolute Gasteiger partial charge is 0.342 e. The molecule has 0 atom stereocenters. The van der Waals surface area contributed by atoms with Crippen molar-refractivity contribution in [3.63, 3.8) is 0 Å². The van der Waals surface area contributed by atoms with E-state index in [1.165, 1.54) is 11.9 Å². The van der Waals surface area contributed by atoms with Crippen LogP contribution in [0, 0.1) is 10.1 Å². The molecule has 0 aliphatic heterocycles. The molecule has 1 heterocycles. The van der Waals surface area contributed by atoms with Crippen molar-refractivity contribution < 1.29 is 4.92 Å². The summed E-state index contributed by atoms with van der Waals surface area (Å²) in [5.41, 5.74) is 3.84. The van der Waals surface area contributed by atoms with Crippen LogP contribution in [0.3, 0.4) is 0 Å². The van der Waals surface area contributed by atoms with E-state index in [0.29, 0.717) is 13.1 Å². The highest BCUT2D eigenvalue weighted by Gasteiger charge is 2.27. The highest BCUT2D eigenvalue weighted by atomic mass is 16.6. The van der Waals surface area contributed by atoms with Crippen molar-refractivity contribution in [1.29, 1.82) is 0 Å². The van der Waals surface area contributed by atoms with Crippen molar-refractivity contribution in [3.8, 4) is 0 Å². The Kier molecular flexibility index (Phi) is 6.90. The average molecular weight is 440 g/mol. The predicted molar refractivity (Wildman–Crippen MR) is 131 cm³/mol. The van der Waals surface area contributed by atoms with Crippen molar-refractivity contribution >= 4 is 23.0 Å². The summed E-state index contributed by atoms with van der Waals surface area (Å²) in [5.74, 6) is 0.441. The molecule has 0 bridgehead atoms. The van der Waals surface area contributed by atoms with E-state index in [0.717, 1.165) is 23.2 Å². The van der Waals surface area contributed by atoms with Gasteiger partial charge < -0.3 is 10.2 Å². The number of nitrogens with zero attached hydrogens (tertiary/aromatic N) is 4. The molecule has 0 aliphatic carbocycles. The van der Waals surface area contributed by atoms with E-state index in [4.69, 9.17) is 0 Å². The van der Waals surface area contributed by atoms with Crippen molar-refractivity contribution in [1.82, 2.24) is 9.97 Å². The first-order chi connectivity index (χ1) is 16.1. The fourth-order valence-electron chi connectivity index (χ4n) is 3.63. The Bertz CT molecular complexity index is 1160. The first-order valence-corrected chi connectivity index (χ1v) is 10.8. The Labute approximate surface area is 192 Å². The van der Waals surface area contributed by atoms with Gasteiger partial charge in [-0.3, -0.25) is 10.1 Å². The number of aryl methyl sites for hydroxylation is 1. The van der Waals surface area contributed by atoms with Gasteiger partial charge in [-0.2, -0.15) is 0 Å². The summed E-state index contributed by atoms with van der Waals surface area (Å²) in [4.78, 5) is 22.3. The second kappa shape index (κ2) is 10.4. The lowest BCUT2D eigenvalue weighted by atomic mass is 10.1. The molecule has 0 fully saturated rings. The maximum absolute atomic E-state index is 12.2. The number of anilines is 3. The highest BCUT2D eigenvalue weighted by Crippen LogP contribution is 2.35. The van der Waals surface area contributed by atoms with Gasteiger partial charge in [0.2, 0.25) is 11.6 Å². The lowest BCUT2D eigenvalue weighted by Gasteiger charge is -2.24. The minimum atomic E-state index is -0.416. The number of aromatic nitrogens is 2. The predicted octanol–water partition coefficient (Wildman–Crippen LogP) is 5.90. The minimum Gasteiger partial charge on any atom is -0.342 e. The van der Waals surface area contributed by atoms with Gasteiger partial charge >= 0.3 is 5.69 Å². The van der Waals surface area contributed by atoms with Crippen LogP contribution in [-0.2, 0) is 19.5 Å². The molecule has 1 N–H and O–H groups in total. The molecule has 0 aliphatic rings. The number of hydrogen-bond donors (Lipinski definition) is 1. The Morgan fingerprint density at radius 1 is 0.818 bits per heavy atom. The van der Waals surface area contributed by atoms with Gasteiger partial charge in [-0.1, -0.05) is 79.7 Å². The molecule has 4 rings (SSSR count). The van der Waals surface area contributed by atoms with E-state index in [1.54, 1.807) is 0 Å². The lowest BCUT2D eigenvalue weighted by Crippen LogP contribution is -2.24. The summed E-state index contributed by atoms with van der Waals surface area (Å²) in [5, 5.41) is 15.3. The summed E-state index contributed by atoms with van der Waals surface area (Å²) in [6, 6.07) is 27.5. The van der Waals surface area contributed by atoms with Crippen LogP contribution in [0.4, 0.5) is 23.0 Å². The molecule has 0 spiro atoms. The standard InChI is InChI=1S/C26H25N5O2/c1-2-20-13-15-23(16-14-20)29-25-24(31(32)33)26(28-19-27-25)30(17-21-9-5-3-6-10-21)18-22-11-7-4-8-12-22/h3-16,19H,2,17-18H2,1H3,(H,27,28,29).